The summed E-state index contributed by atoms with van der Waals surface area (Å²) in [5.41, 5.74) is 0.483. The molecule has 0 bridgehead atoms. The molecule has 0 saturated heterocycles. The molecule has 0 aliphatic carbocycles. The Morgan fingerprint density at radius 1 is 0.676 bits per heavy atom. The smallest absolute Gasteiger partial charge is 0.261 e. The van der Waals surface area contributed by atoms with Crippen LogP contribution >= 0.6 is 0 Å². The second-order valence-electron chi connectivity index (χ2n) is 9.33. The summed E-state index contributed by atoms with van der Waals surface area (Å²) in [4.78, 5) is 52.9. The SMILES string of the molecule is C=CC1=C(C=C)C(=O)N(Cc2ccc(C(C)(C)c3ccc(CN4C(=O)c5ccccc5C4=O)o3)o2)C1=O. The van der Waals surface area contributed by atoms with Crippen molar-refractivity contribution in [2.24, 2.45) is 0 Å². The first-order valence-electron chi connectivity index (χ1n) is 11.7. The number of rotatable bonds is 8. The molecule has 4 amide bonds. The maximum atomic E-state index is 12.7. The molecule has 5 rings (SSSR count). The first-order chi connectivity index (χ1) is 17.7. The van der Waals surface area contributed by atoms with Gasteiger partial charge in [0.25, 0.3) is 23.6 Å². The molecule has 186 valence electrons. The Labute approximate surface area is 213 Å². The van der Waals surface area contributed by atoms with Crippen LogP contribution in [-0.2, 0) is 28.1 Å². The first kappa shape index (κ1) is 24.0. The van der Waals surface area contributed by atoms with Crippen LogP contribution in [-0.4, -0.2) is 33.4 Å². The molecule has 0 radical (unpaired) electrons. The van der Waals surface area contributed by atoms with Gasteiger partial charge in [0.05, 0.1) is 40.8 Å². The summed E-state index contributed by atoms with van der Waals surface area (Å²) in [6.07, 6.45) is 2.70. The average Bonchev–Trinajstić information content (AvgIpc) is 3.65. The fraction of sp³-hybridized carbons (Fsp3) is 0.172. The molecular formula is C29H24N2O6. The largest absolute Gasteiger partial charge is 0.463 e. The molecule has 1 aromatic carbocycles. The summed E-state index contributed by atoms with van der Waals surface area (Å²) >= 11 is 0. The predicted molar refractivity (Wildman–Crippen MR) is 133 cm³/mol. The Morgan fingerprint density at radius 2 is 1.08 bits per heavy atom. The zero-order valence-corrected chi connectivity index (χ0v) is 20.4. The zero-order valence-electron chi connectivity index (χ0n) is 20.4. The Hall–Kier alpha value is -4.72. The van der Waals surface area contributed by atoms with Gasteiger partial charge in [-0.2, -0.15) is 0 Å². The van der Waals surface area contributed by atoms with Gasteiger partial charge in [-0.1, -0.05) is 37.4 Å². The lowest BCUT2D eigenvalue weighted by Gasteiger charge is -2.20. The number of imide groups is 2. The minimum atomic E-state index is -0.714. The number of nitrogens with zero attached hydrogens (tertiary/aromatic N) is 2. The summed E-state index contributed by atoms with van der Waals surface area (Å²) in [5, 5.41) is 0. The van der Waals surface area contributed by atoms with E-state index in [2.05, 4.69) is 13.2 Å². The van der Waals surface area contributed by atoms with E-state index in [0.717, 1.165) is 4.90 Å². The van der Waals surface area contributed by atoms with Gasteiger partial charge in [-0.05, 0) is 50.2 Å². The summed E-state index contributed by atoms with van der Waals surface area (Å²) in [6.45, 7) is 11.0. The third-order valence-corrected chi connectivity index (χ3v) is 6.71. The van der Waals surface area contributed by atoms with Crippen LogP contribution in [0.15, 0.2) is 93.8 Å². The van der Waals surface area contributed by atoms with E-state index in [1.807, 2.05) is 13.8 Å². The van der Waals surface area contributed by atoms with E-state index in [0.29, 0.717) is 34.2 Å². The van der Waals surface area contributed by atoms with Crippen LogP contribution in [0.3, 0.4) is 0 Å². The van der Waals surface area contributed by atoms with Crippen molar-refractivity contribution in [3.63, 3.8) is 0 Å². The maximum Gasteiger partial charge on any atom is 0.261 e. The van der Waals surface area contributed by atoms with E-state index < -0.39 is 17.2 Å². The standard InChI is InChI=1S/C29H24N2O6/c1-5-19-20(6-2)26(33)30(25(19)32)15-17-11-13-23(36-17)29(3,4)24-14-12-18(37-24)16-31-27(34)21-9-7-8-10-22(21)28(31)35/h5-14H,1-2,15-16H2,3-4H3. The molecule has 2 aliphatic rings. The van der Waals surface area contributed by atoms with E-state index in [1.54, 1.807) is 48.5 Å². The van der Waals surface area contributed by atoms with Gasteiger partial charge in [0.1, 0.15) is 23.0 Å². The summed E-state index contributed by atoms with van der Waals surface area (Å²) < 4.78 is 12.1. The maximum absolute atomic E-state index is 12.7. The van der Waals surface area contributed by atoms with Crippen LogP contribution in [0.1, 0.15) is 57.6 Å². The molecule has 0 saturated carbocycles. The Kier molecular flexibility index (Phi) is 5.67. The molecular weight excluding hydrogens is 472 g/mol. The highest BCUT2D eigenvalue weighted by Gasteiger charge is 2.38. The molecule has 8 heteroatoms. The van der Waals surface area contributed by atoms with Gasteiger partial charge >= 0.3 is 0 Å². The van der Waals surface area contributed by atoms with Gasteiger partial charge in [0, 0.05) is 0 Å². The van der Waals surface area contributed by atoms with Crippen molar-refractivity contribution in [2.45, 2.75) is 32.4 Å². The number of hydrogen-bond acceptors (Lipinski definition) is 6. The fourth-order valence-corrected chi connectivity index (χ4v) is 4.57. The highest BCUT2D eigenvalue weighted by molar-refractivity contribution is 6.22. The van der Waals surface area contributed by atoms with Crippen LogP contribution in [0, 0.1) is 0 Å². The van der Waals surface area contributed by atoms with Crippen molar-refractivity contribution < 1.29 is 28.0 Å². The number of fused-ring (bicyclic) bond motifs is 1. The van der Waals surface area contributed by atoms with Crippen LogP contribution in [0.4, 0.5) is 0 Å². The van der Waals surface area contributed by atoms with Crippen molar-refractivity contribution in [3.05, 3.63) is 119 Å². The number of benzene rings is 1. The number of carbonyl (C=O) groups is 4. The topological polar surface area (TPSA) is 101 Å². The van der Waals surface area contributed by atoms with Crippen molar-refractivity contribution >= 4 is 23.6 Å². The summed E-state index contributed by atoms with van der Waals surface area (Å²) in [7, 11) is 0. The van der Waals surface area contributed by atoms with Crippen molar-refractivity contribution in [1.82, 2.24) is 9.80 Å². The molecule has 3 aromatic rings. The Morgan fingerprint density at radius 3 is 1.49 bits per heavy atom. The molecule has 2 aromatic heterocycles. The van der Waals surface area contributed by atoms with E-state index in [1.165, 1.54) is 17.1 Å². The highest BCUT2D eigenvalue weighted by atomic mass is 16.4. The lowest BCUT2D eigenvalue weighted by molar-refractivity contribution is -0.138. The van der Waals surface area contributed by atoms with Crippen LogP contribution < -0.4 is 0 Å². The molecule has 2 aliphatic heterocycles. The predicted octanol–water partition coefficient (Wildman–Crippen LogP) is 4.53. The van der Waals surface area contributed by atoms with Gasteiger partial charge in [0.2, 0.25) is 0 Å². The Bertz CT molecular complexity index is 1470. The van der Waals surface area contributed by atoms with Crippen LogP contribution in [0.5, 0.6) is 0 Å². The molecule has 37 heavy (non-hydrogen) atoms. The lowest BCUT2D eigenvalue weighted by Crippen LogP contribution is -2.30. The van der Waals surface area contributed by atoms with Crippen molar-refractivity contribution in [3.8, 4) is 0 Å². The van der Waals surface area contributed by atoms with Gasteiger partial charge in [-0.25, -0.2) is 0 Å². The van der Waals surface area contributed by atoms with E-state index in [4.69, 9.17) is 8.83 Å². The highest BCUT2D eigenvalue weighted by Crippen LogP contribution is 2.35. The van der Waals surface area contributed by atoms with Gasteiger partial charge in [0.15, 0.2) is 0 Å². The molecule has 4 heterocycles. The van der Waals surface area contributed by atoms with Crippen molar-refractivity contribution in [1.29, 1.82) is 0 Å². The third kappa shape index (κ3) is 3.78. The average molecular weight is 497 g/mol. The van der Waals surface area contributed by atoms with Gasteiger partial charge < -0.3 is 8.83 Å². The van der Waals surface area contributed by atoms with Gasteiger partial charge in [-0.3, -0.25) is 29.0 Å². The van der Waals surface area contributed by atoms with E-state index in [9.17, 15) is 19.2 Å². The molecule has 8 nitrogen and oxygen atoms in total. The lowest BCUT2D eigenvalue weighted by atomic mass is 9.87. The normalized spacial score (nSPS) is 15.7. The number of furan rings is 2. The van der Waals surface area contributed by atoms with E-state index >= 15 is 0 Å². The molecule has 0 atom stereocenters. The fourth-order valence-electron chi connectivity index (χ4n) is 4.57. The molecule has 0 unspecified atom stereocenters. The minimum Gasteiger partial charge on any atom is -0.463 e. The summed E-state index contributed by atoms with van der Waals surface area (Å²) in [5.74, 6) is 0.407. The number of hydrogen-bond donors (Lipinski definition) is 0. The zero-order chi connectivity index (χ0) is 26.5. The molecule has 0 spiro atoms. The third-order valence-electron chi connectivity index (χ3n) is 6.71. The summed E-state index contributed by atoms with van der Waals surface area (Å²) in [6, 6.07) is 13.7. The number of amides is 4. The Balaban J connectivity index is 1.32. The quantitative estimate of drug-likeness (QED) is 0.425. The minimum absolute atomic E-state index is 0.00921. The second-order valence-corrected chi connectivity index (χ2v) is 9.33. The van der Waals surface area contributed by atoms with E-state index in [-0.39, 0.29) is 36.1 Å². The van der Waals surface area contributed by atoms with Crippen molar-refractivity contribution in [2.75, 3.05) is 0 Å². The van der Waals surface area contributed by atoms with Crippen LogP contribution in [0.2, 0.25) is 0 Å². The number of carbonyl (C=O) groups excluding carboxylic acids is 4. The molecule has 0 N–H and O–H groups in total. The van der Waals surface area contributed by atoms with Gasteiger partial charge in [-0.15, -0.1) is 0 Å². The van der Waals surface area contributed by atoms with Crippen LogP contribution in [0.25, 0.3) is 0 Å². The second kappa shape index (κ2) is 8.74. The first-order valence-corrected chi connectivity index (χ1v) is 11.7. The molecule has 0 fully saturated rings. The monoisotopic (exact) mass is 496 g/mol.